The highest BCUT2D eigenvalue weighted by Crippen LogP contribution is 2.31. The van der Waals surface area contributed by atoms with E-state index in [1.807, 2.05) is 0 Å². The van der Waals surface area contributed by atoms with E-state index in [1.165, 1.54) is 36.0 Å². The van der Waals surface area contributed by atoms with E-state index in [4.69, 9.17) is 10.5 Å². The van der Waals surface area contributed by atoms with E-state index >= 15 is 0 Å². The maximum atomic E-state index is 5.88. The van der Waals surface area contributed by atoms with Crippen molar-refractivity contribution in [1.29, 1.82) is 0 Å². The first-order valence-corrected chi connectivity index (χ1v) is 6.13. The van der Waals surface area contributed by atoms with Gasteiger partial charge in [-0.05, 0) is 42.4 Å². The van der Waals surface area contributed by atoms with Gasteiger partial charge in [-0.2, -0.15) is 0 Å². The van der Waals surface area contributed by atoms with Crippen LogP contribution in [0.3, 0.4) is 0 Å². The standard InChI is InChI=1S/C14H21NO/c1-3-14(10-15,16-2)13-8-7-11-5-4-6-12(11)9-13/h7-9H,3-6,10,15H2,1-2H3. The van der Waals surface area contributed by atoms with Gasteiger partial charge in [-0.15, -0.1) is 0 Å². The fourth-order valence-electron chi connectivity index (χ4n) is 2.67. The zero-order chi connectivity index (χ0) is 11.6. The fraction of sp³-hybridized carbons (Fsp3) is 0.571. The Labute approximate surface area is 97.8 Å². The number of fused-ring (bicyclic) bond motifs is 1. The summed E-state index contributed by atoms with van der Waals surface area (Å²) in [6.45, 7) is 2.67. The minimum Gasteiger partial charge on any atom is -0.372 e. The second kappa shape index (κ2) is 4.56. The summed E-state index contributed by atoms with van der Waals surface area (Å²) in [7, 11) is 1.75. The van der Waals surface area contributed by atoms with Crippen molar-refractivity contribution in [2.45, 2.75) is 38.2 Å². The molecule has 0 heterocycles. The molecule has 2 N–H and O–H groups in total. The third kappa shape index (κ3) is 1.76. The third-order valence-corrected chi connectivity index (χ3v) is 3.92. The summed E-state index contributed by atoms with van der Waals surface area (Å²) >= 11 is 0. The van der Waals surface area contributed by atoms with Crippen LogP contribution < -0.4 is 5.73 Å². The maximum absolute atomic E-state index is 5.88. The molecule has 0 spiro atoms. The molecule has 0 saturated heterocycles. The Hall–Kier alpha value is -0.860. The molecule has 1 aromatic rings. The number of hydrogen-bond donors (Lipinski definition) is 1. The Morgan fingerprint density at radius 2 is 2.06 bits per heavy atom. The highest BCUT2D eigenvalue weighted by molar-refractivity contribution is 5.38. The Morgan fingerprint density at radius 3 is 2.69 bits per heavy atom. The lowest BCUT2D eigenvalue weighted by molar-refractivity contribution is -0.0103. The van der Waals surface area contributed by atoms with Crippen molar-refractivity contribution >= 4 is 0 Å². The number of hydrogen-bond acceptors (Lipinski definition) is 2. The minimum absolute atomic E-state index is 0.294. The Morgan fingerprint density at radius 1 is 1.31 bits per heavy atom. The van der Waals surface area contributed by atoms with Crippen molar-refractivity contribution in [2.75, 3.05) is 13.7 Å². The van der Waals surface area contributed by atoms with Gasteiger partial charge in [0.15, 0.2) is 0 Å². The molecule has 0 aliphatic heterocycles. The molecule has 1 unspecified atom stereocenters. The zero-order valence-electron chi connectivity index (χ0n) is 10.3. The molecule has 0 saturated carbocycles. The molecule has 1 aliphatic carbocycles. The lowest BCUT2D eigenvalue weighted by atomic mass is 9.89. The molecule has 0 fully saturated rings. The van der Waals surface area contributed by atoms with Gasteiger partial charge in [0.05, 0.1) is 0 Å². The topological polar surface area (TPSA) is 35.2 Å². The van der Waals surface area contributed by atoms with Crippen LogP contribution in [0.5, 0.6) is 0 Å². The maximum Gasteiger partial charge on any atom is 0.105 e. The molecule has 1 atom stereocenters. The molecular formula is C14H21NO. The lowest BCUT2D eigenvalue weighted by Gasteiger charge is -2.31. The van der Waals surface area contributed by atoms with E-state index in [0.717, 1.165) is 6.42 Å². The fourth-order valence-corrected chi connectivity index (χ4v) is 2.67. The number of rotatable bonds is 4. The Balaban J connectivity index is 2.39. The van der Waals surface area contributed by atoms with E-state index in [9.17, 15) is 0 Å². The summed E-state index contributed by atoms with van der Waals surface area (Å²) in [5, 5.41) is 0. The molecule has 0 aromatic heterocycles. The molecule has 2 rings (SSSR count). The molecule has 0 amide bonds. The molecule has 2 heteroatoms. The Kier molecular flexibility index (Phi) is 3.31. The van der Waals surface area contributed by atoms with Crippen LogP contribution in [0, 0.1) is 0 Å². The van der Waals surface area contributed by atoms with Gasteiger partial charge in [-0.1, -0.05) is 25.1 Å². The van der Waals surface area contributed by atoms with Crippen molar-refractivity contribution < 1.29 is 4.74 Å². The summed E-state index contributed by atoms with van der Waals surface area (Å²) < 4.78 is 5.66. The highest BCUT2D eigenvalue weighted by atomic mass is 16.5. The molecule has 88 valence electrons. The monoisotopic (exact) mass is 219 g/mol. The lowest BCUT2D eigenvalue weighted by Crippen LogP contribution is -2.36. The van der Waals surface area contributed by atoms with Gasteiger partial charge in [0.25, 0.3) is 0 Å². The first kappa shape index (κ1) is 11.6. The van der Waals surface area contributed by atoms with Gasteiger partial charge in [0, 0.05) is 13.7 Å². The molecule has 16 heavy (non-hydrogen) atoms. The van der Waals surface area contributed by atoms with Gasteiger partial charge in [0.1, 0.15) is 5.60 Å². The van der Waals surface area contributed by atoms with Crippen LogP contribution >= 0.6 is 0 Å². The van der Waals surface area contributed by atoms with Crippen molar-refractivity contribution in [3.05, 3.63) is 34.9 Å². The summed E-state index contributed by atoms with van der Waals surface area (Å²) in [6, 6.07) is 6.73. The van der Waals surface area contributed by atoms with Crippen molar-refractivity contribution in [3.63, 3.8) is 0 Å². The van der Waals surface area contributed by atoms with E-state index in [0.29, 0.717) is 6.54 Å². The summed E-state index contributed by atoms with van der Waals surface area (Å²) in [4.78, 5) is 0. The molecule has 1 aromatic carbocycles. The average Bonchev–Trinajstić information content (AvgIpc) is 2.79. The van der Waals surface area contributed by atoms with E-state index in [1.54, 1.807) is 7.11 Å². The van der Waals surface area contributed by atoms with Crippen LogP contribution in [0.15, 0.2) is 18.2 Å². The number of aryl methyl sites for hydroxylation is 2. The predicted octanol–water partition coefficient (Wildman–Crippen LogP) is 2.39. The number of benzene rings is 1. The third-order valence-electron chi connectivity index (χ3n) is 3.92. The first-order valence-electron chi connectivity index (χ1n) is 6.13. The zero-order valence-corrected chi connectivity index (χ0v) is 10.3. The van der Waals surface area contributed by atoms with E-state index in [-0.39, 0.29) is 5.60 Å². The number of ether oxygens (including phenoxy) is 1. The molecule has 0 radical (unpaired) electrons. The van der Waals surface area contributed by atoms with E-state index in [2.05, 4.69) is 25.1 Å². The van der Waals surface area contributed by atoms with Crippen molar-refractivity contribution in [3.8, 4) is 0 Å². The average molecular weight is 219 g/mol. The van der Waals surface area contributed by atoms with Crippen LogP contribution in [-0.2, 0) is 23.2 Å². The smallest absolute Gasteiger partial charge is 0.105 e. The molecule has 1 aliphatic rings. The van der Waals surface area contributed by atoms with Gasteiger partial charge in [0.2, 0.25) is 0 Å². The SMILES string of the molecule is CCC(CN)(OC)c1ccc2c(c1)CCC2. The Bertz CT molecular complexity index is 361. The second-order valence-corrected chi connectivity index (χ2v) is 4.59. The molecule has 2 nitrogen and oxygen atoms in total. The number of nitrogens with two attached hydrogens (primary N) is 1. The largest absolute Gasteiger partial charge is 0.372 e. The van der Waals surface area contributed by atoms with Crippen LogP contribution in [0.1, 0.15) is 36.5 Å². The summed E-state index contributed by atoms with van der Waals surface area (Å²) in [5.41, 5.74) is 9.81. The van der Waals surface area contributed by atoms with Crippen molar-refractivity contribution in [2.24, 2.45) is 5.73 Å². The normalized spacial score (nSPS) is 18.2. The van der Waals surface area contributed by atoms with Crippen molar-refractivity contribution in [1.82, 2.24) is 0 Å². The first-order chi connectivity index (χ1) is 7.75. The van der Waals surface area contributed by atoms with Gasteiger partial charge < -0.3 is 10.5 Å². The van der Waals surface area contributed by atoms with E-state index < -0.39 is 0 Å². The van der Waals surface area contributed by atoms with Crippen LogP contribution in [0.25, 0.3) is 0 Å². The highest BCUT2D eigenvalue weighted by Gasteiger charge is 2.29. The summed E-state index contributed by atoms with van der Waals surface area (Å²) in [5.74, 6) is 0. The van der Waals surface area contributed by atoms with Crippen LogP contribution in [-0.4, -0.2) is 13.7 Å². The second-order valence-electron chi connectivity index (χ2n) is 4.59. The number of methoxy groups -OCH3 is 1. The molecule has 0 bridgehead atoms. The van der Waals surface area contributed by atoms with Crippen LogP contribution in [0.4, 0.5) is 0 Å². The van der Waals surface area contributed by atoms with Crippen LogP contribution in [0.2, 0.25) is 0 Å². The predicted molar refractivity (Wildman–Crippen MR) is 66.5 cm³/mol. The molecular weight excluding hydrogens is 198 g/mol. The van der Waals surface area contributed by atoms with Gasteiger partial charge >= 0.3 is 0 Å². The summed E-state index contributed by atoms with van der Waals surface area (Å²) in [6.07, 6.45) is 4.63. The minimum atomic E-state index is -0.294. The van der Waals surface area contributed by atoms with Gasteiger partial charge in [-0.25, -0.2) is 0 Å². The van der Waals surface area contributed by atoms with Gasteiger partial charge in [-0.3, -0.25) is 0 Å². The quantitative estimate of drug-likeness (QED) is 0.844.